The number of allylic oxidation sites excluding steroid dienone is 6. The highest BCUT2D eigenvalue weighted by molar-refractivity contribution is 6.02. The Kier molecular flexibility index (Phi) is 9.43. The Morgan fingerprint density at radius 2 is 1.00 bits per heavy atom. The van der Waals surface area contributed by atoms with Crippen molar-refractivity contribution in [2.24, 2.45) is 10.9 Å². The van der Waals surface area contributed by atoms with E-state index in [0.29, 0.717) is 0 Å². The Labute approximate surface area is 331 Å². The first-order valence-corrected chi connectivity index (χ1v) is 19.5. The summed E-state index contributed by atoms with van der Waals surface area (Å²) < 4.78 is 0. The maximum Gasteiger partial charge on any atom is 0.0711 e. The topological polar surface area (TPSA) is 12.4 Å². The Hall–Kier alpha value is -6.83. The number of hydrogen-bond donors (Lipinski definition) is 0. The molecule has 2 aliphatic rings. The normalized spacial score (nSPS) is 17.1. The molecule has 9 rings (SSSR count). The quantitative estimate of drug-likeness (QED) is 0.104. The molecule has 0 fully saturated rings. The molecule has 2 atom stereocenters. The second-order valence-electron chi connectivity index (χ2n) is 14.8. The van der Waals surface area contributed by atoms with Crippen LogP contribution in [0.2, 0.25) is 0 Å². The summed E-state index contributed by atoms with van der Waals surface area (Å²) in [5, 5.41) is 0. The summed E-state index contributed by atoms with van der Waals surface area (Å²) >= 11 is 0. The third kappa shape index (κ3) is 6.42. The zero-order valence-electron chi connectivity index (χ0n) is 31.6. The van der Waals surface area contributed by atoms with Crippen molar-refractivity contribution in [1.82, 2.24) is 0 Å². The van der Waals surface area contributed by atoms with E-state index in [2.05, 4.69) is 225 Å². The number of benzene rings is 7. The van der Waals surface area contributed by atoms with Crippen molar-refractivity contribution in [1.29, 1.82) is 0 Å². The average Bonchev–Trinajstić information content (AvgIpc) is 3.58. The van der Waals surface area contributed by atoms with Crippen LogP contribution in [0.3, 0.4) is 0 Å². The SMILES string of the molecule is C=C(/C=C(\N=C(/C)c1ccc(-c2ccccc2)cc1)c1ccc(-c2ccccc2)cc1)C1=CC2C(C=C1)c1ccccc1C2(c1ccccc1)c1ccccc1. The van der Waals surface area contributed by atoms with Crippen molar-refractivity contribution in [3.05, 3.63) is 270 Å². The molecule has 2 unspecified atom stereocenters. The number of fused-ring (bicyclic) bond motifs is 3. The van der Waals surface area contributed by atoms with Gasteiger partial charge in [0.1, 0.15) is 0 Å². The van der Waals surface area contributed by atoms with Crippen LogP contribution in [0, 0.1) is 5.92 Å². The lowest BCUT2D eigenvalue weighted by Crippen LogP contribution is -2.35. The van der Waals surface area contributed by atoms with E-state index < -0.39 is 0 Å². The van der Waals surface area contributed by atoms with Gasteiger partial charge in [-0.25, -0.2) is 0 Å². The molecule has 0 amide bonds. The van der Waals surface area contributed by atoms with Gasteiger partial charge >= 0.3 is 0 Å². The van der Waals surface area contributed by atoms with E-state index in [4.69, 9.17) is 11.6 Å². The fourth-order valence-electron chi connectivity index (χ4n) is 8.85. The lowest BCUT2D eigenvalue weighted by molar-refractivity contribution is 0.455. The summed E-state index contributed by atoms with van der Waals surface area (Å²) in [6, 6.07) is 69.6. The van der Waals surface area contributed by atoms with Crippen LogP contribution in [0.4, 0.5) is 0 Å². The van der Waals surface area contributed by atoms with Crippen LogP contribution in [0.25, 0.3) is 28.0 Å². The van der Waals surface area contributed by atoms with Crippen LogP contribution < -0.4 is 0 Å². The van der Waals surface area contributed by atoms with Gasteiger partial charge in [-0.15, -0.1) is 0 Å². The monoisotopic (exact) mass is 717 g/mol. The van der Waals surface area contributed by atoms with Gasteiger partial charge in [0, 0.05) is 23.1 Å². The molecule has 7 aromatic carbocycles. The molecule has 1 nitrogen and oxygen atoms in total. The smallest absolute Gasteiger partial charge is 0.0711 e. The maximum atomic E-state index is 5.34. The van der Waals surface area contributed by atoms with Gasteiger partial charge in [-0.3, -0.25) is 4.99 Å². The highest BCUT2D eigenvalue weighted by atomic mass is 14.8. The summed E-state index contributed by atoms with van der Waals surface area (Å²) in [4.78, 5) is 5.34. The molecule has 0 heterocycles. The average molecular weight is 718 g/mol. The van der Waals surface area contributed by atoms with Crippen LogP contribution in [-0.4, -0.2) is 5.71 Å². The van der Waals surface area contributed by atoms with E-state index >= 15 is 0 Å². The third-order valence-electron chi connectivity index (χ3n) is 11.6. The van der Waals surface area contributed by atoms with Gasteiger partial charge in [0.25, 0.3) is 0 Å². The molecule has 7 aromatic rings. The van der Waals surface area contributed by atoms with E-state index in [9.17, 15) is 0 Å². The van der Waals surface area contributed by atoms with E-state index in [1.54, 1.807) is 0 Å². The van der Waals surface area contributed by atoms with Crippen molar-refractivity contribution in [2.45, 2.75) is 18.3 Å². The van der Waals surface area contributed by atoms with Crippen LogP contribution in [0.15, 0.2) is 241 Å². The number of hydrogen-bond acceptors (Lipinski definition) is 1. The Balaban J connectivity index is 1.13. The van der Waals surface area contributed by atoms with Gasteiger partial charge in [0.2, 0.25) is 0 Å². The van der Waals surface area contributed by atoms with E-state index in [1.807, 2.05) is 0 Å². The molecule has 1 heteroatoms. The van der Waals surface area contributed by atoms with Gasteiger partial charge in [-0.05, 0) is 74.2 Å². The highest BCUT2D eigenvalue weighted by Crippen LogP contribution is 2.60. The minimum absolute atomic E-state index is 0.150. The lowest BCUT2D eigenvalue weighted by atomic mass is 9.62. The van der Waals surface area contributed by atoms with Crippen molar-refractivity contribution >= 4 is 11.4 Å². The number of rotatable bonds is 9. The second kappa shape index (κ2) is 15.1. The minimum Gasteiger partial charge on any atom is -0.252 e. The summed E-state index contributed by atoms with van der Waals surface area (Å²) in [6.45, 7) is 6.82. The first-order valence-electron chi connectivity index (χ1n) is 19.5. The molecular formula is C55H43N. The Morgan fingerprint density at radius 1 is 0.536 bits per heavy atom. The molecule has 0 saturated heterocycles. The molecule has 0 radical (unpaired) electrons. The first kappa shape index (κ1) is 34.9. The molecule has 56 heavy (non-hydrogen) atoms. The van der Waals surface area contributed by atoms with Gasteiger partial charge in [0.05, 0.1) is 11.1 Å². The third-order valence-corrected chi connectivity index (χ3v) is 11.6. The molecular weight excluding hydrogens is 675 g/mol. The predicted molar refractivity (Wildman–Crippen MR) is 236 cm³/mol. The largest absolute Gasteiger partial charge is 0.252 e. The number of aliphatic imine (C=N–C) groups is 1. The predicted octanol–water partition coefficient (Wildman–Crippen LogP) is 13.7. The van der Waals surface area contributed by atoms with Crippen molar-refractivity contribution in [3.63, 3.8) is 0 Å². The van der Waals surface area contributed by atoms with Crippen LogP contribution in [0.5, 0.6) is 0 Å². The van der Waals surface area contributed by atoms with E-state index in [1.165, 1.54) is 44.5 Å². The van der Waals surface area contributed by atoms with Crippen LogP contribution in [0.1, 0.15) is 46.2 Å². The summed E-state index contributed by atoms with van der Waals surface area (Å²) in [7, 11) is 0. The summed E-state index contributed by atoms with van der Waals surface area (Å²) in [5.74, 6) is 0.382. The van der Waals surface area contributed by atoms with Gasteiger partial charge in [-0.1, -0.05) is 219 Å². The fourth-order valence-corrected chi connectivity index (χ4v) is 8.85. The van der Waals surface area contributed by atoms with E-state index in [0.717, 1.165) is 33.7 Å². The molecule has 0 aromatic heterocycles. The zero-order chi connectivity index (χ0) is 37.9. The van der Waals surface area contributed by atoms with Gasteiger partial charge in [-0.2, -0.15) is 0 Å². The van der Waals surface area contributed by atoms with Crippen LogP contribution in [-0.2, 0) is 5.41 Å². The number of nitrogens with zero attached hydrogens (tertiary/aromatic N) is 1. The zero-order valence-corrected chi connectivity index (χ0v) is 31.6. The summed E-state index contributed by atoms with van der Waals surface area (Å²) in [6.07, 6.45) is 9.34. The standard InChI is InChI=1S/C55H43N/c1-39(47-35-36-51-50-25-15-16-26-52(50)55(53(51)38-47,48-21-11-5-12-22-48)49-23-13-6-14-24-49)37-54(46-33-31-45(32-34-46)43-19-9-4-10-20-43)56-40(2)41-27-29-44(30-28-41)42-17-7-3-8-18-42/h3-38,51,53H,1H2,2H3/b54-37-,56-40+. The second-order valence-corrected chi connectivity index (χ2v) is 14.8. The van der Waals surface area contributed by atoms with Crippen LogP contribution >= 0.6 is 0 Å². The van der Waals surface area contributed by atoms with Crippen molar-refractivity contribution in [2.75, 3.05) is 0 Å². The fraction of sp³-hybridized carbons (Fsp3) is 0.0727. The Morgan fingerprint density at radius 3 is 1.55 bits per heavy atom. The first-order chi connectivity index (χ1) is 27.6. The van der Waals surface area contributed by atoms with E-state index in [-0.39, 0.29) is 17.3 Å². The van der Waals surface area contributed by atoms with Gasteiger partial charge < -0.3 is 0 Å². The molecule has 0 bridgehead atoms. The summed E-state index contributed by atoms with van der Waals surface area (Å²) in [5.41, 5.74) is 15.8. The lowest BCUT2D eigenvalue weighted by Gasteiger charge is -2.39. The van der Waals surface area contributed by atoms with Gasteiger partial charge in [0.15, 0.2) is 0 Å². The Bertz CT molecular complexity index is 2570. The highest BCUT2D eigenvalue weighted by Gasteiger charge is 2.53. The molecule has 0 aliphatic heterocycles. The molecule has 2 aliphatic carbocycles. The molecule has 0 saturated carbocycles. The molecule has 268 valence electrons. The van der Waals surface area contributed by atoms with Crippen molar-refractivity contribution < 1.29 is 0 Å². The van der Waals surface area contributed by atoms with Crippen molar-refractivity contribution in [3.8, 4) is 22.3 Å². The maximum absolute atomic E-state index is 5.34. The minimum atomic E-state index is -0.361. The molecule has 0 N–H and O–H groups in total. The molecule has 0 spiro atoms.